The highest BCUT2D eigenvalue weighted by atomic mass is 32.2. The third-order valence-corrected chi connectivity index (χ3v) is 32.9. The first-order valence-corrected chi connectivity index (χ1v) is 45.6. The Bertz CT molecular complexity index is 4140. The van der Waals surface area contributed by atoms with Crippen LogP contribution in [0, 0.1) is 118 Å². The fraction of sp³-hybridized carbons (Fsp3) is 0.753. The van der Waals surface area contributed by atoms with Crippen LogP contribution in [0.5, 0.6) is 0 Å². The summed E-state index contributed by atoms with van der Waals surface area (Å²) in [5.74, 6) is 4.79. The summed E-state index contributed by atoms with van der Waals surface area (Å²) >= 11 is 0. The minimum absolute atomic E-state index is 0.00284. The molecule has 22 rings (SSSR count). The van der Waals surface area contributed by atoms with E-state index in [2.05, 4.69) is 65.0 Å². The first kappa shape index (κ1) is 90.2. The standard InChI is InChI=1S/C19H26O6.C17H26O2.C16H24O2.C14H16O6.C14H20O3.C13H16O7S/c1-11(2)18(22)24-9-16(20)23-10-17(21)25-19(3)14-5-12-4-13(7-14)8-15(19)6-12;1-10(2)16(18)19-17(11(3)4)14-6-12-5-13(8-14)9-15(17)7-12;1-4-16(18-15(17)10(2)3)13-6-11-5-12(8-13)9-14(16)7-11;1-6(2)13(16)18-5-10(15)19-11-7-3-8-9(4-7)14(17)20-12(8)11;1-9(2)12(15)17-14-6-10-3-11(7-14)5-13(16,4-10)8-14;1-6(2)13(15)18-5-10(14)19-11-7-3-8-9(4-7)21(16,17)20-12(8)11/h12-15H,1,4-10H2,2-3H3;11-15H,1,5-9H2,2-4H3;11-14H,2,4-9H2,1,3H3;7-9,11-12H,1,3-5H2,2H3;10-11,16H,1,3-8H2,2H3;7-9,11-12H,1,3-5H2,2H3. The zero-order valence-corrected chi connectivity index (χ0v) is 72.8. The number of hydrogen-bond acceptors (Lipinski definition) is 26. The van der Waals surface area contributed by atoms with E-state index < -0.39 is 119 Å². The maximum absolute atomic E-state index is 12.2. The number of esters is 11. The lowest BCUT2D eigenvalue weighted by molar-refractivity contribution is -0.221. The molecule has 20 aliphatic carbocycles. The van der Waals surface area contributed by atoms with Crippen molar-refractivity contribution in [3.63, 3.8) is 0 Å². The number of aliphatic hydroxyl groups is 1. The molecule has 27 heteroatoms. The van der Waals surface area contributed by atoms with Crippen molar-refractivity contribution in [1.82, 2.24) is 0 Å². The van der Waals surface area contributed by atoms with Crippen LogP contribution in [0.4, 0.5) is 0 Å². The van der Waals surface area contributed by atoms with E-state index in [-0.39, 0.29) is 87.5 Å². The van der Waals surface area contributed by atoms with E-state index in [1.807, 2.05) is 6.92 Å². The number of fused-ring (bicyclic) bond motifs is 2. The van der Waals surface area contributed by atoms with Crippen molar-refractivity contribution in [2.24, 2.45) is 118 Å². The summed E-state index contributed by atoms with van der Waals surface area (Å²) in [7, 11) is -3.53. The van der Waals surface area contributed by atoms with Crippen molar-refractivity contribution in [3.8, 4) is 0 Å². The second-order valence-corrected chi connectivity index (χ2v) is 42.1. The molecule has 20 bridgehead atoms. The number of carbonyl (C=O) groups is 11. The molecule has 2 saturated heterocycles. The molecule has 0 amide bonds. The number of ether oxygens (including phenoxy) is 11. The number of rotatable bonds is 22. The Morgan fingerprint density at radius 3 is 1.25 bits per heavy atom. The second kappa shape index (κ2) is 35.2. The molecule has 120 heavy (non-hydrogen) atoms. The summed E-state index contributed by atoms with van der Waals surface area (Å²) < 4.78 is 87.0. The van der Waals surface area contributed by atoms with Gasteiger partial charge in [0.1, 0.15) is 46.8 Å². The molecular weight excluding hydrogens is 1570 g/mol. The fourth-order valence-corrected chi connectivity index (χ4v) is 28.8. The van der Waals surface area contributed by atoms with Crippen LogP contribution in [-0.4, -0.2) is 163 Å². The van der Waals surface area contributed by atoms with Crippen LogP contribution in [0.25, 0.3) is 0 Å². The molecule has 0 spiro atoms. The van der Waals surface area contributed by atoms with Gasteiger partial charge in [-0.1, -0.05) is 60.2 Å². The van der Waals surface area contributed by atoms with Gasteiger partial charge in [-0.05, 0) is 298 Å². The molecule has 662 valence electrons. The quantitative estimate of drug-likeness (QED) is 0.0455. The average Bonchev–Trinajstić information content (AvgIpc) is 1.68. The molecule has 2 heterocycles. The monoisotopic (exact) mass is 1690 g/mol. The summed E-state index contributed by atoms with van der Waals surface area (Å²) in [6.07, 6.45) is 26.3. The third kappa shape index (κ3) is 18.6. The summed E-state index contributed by atoms with van der Waals surface area (Å²) in [5.41, 5.74) is 0.367. The molecule has 12 atom stereocenters. The Morgan fingerprint density at radius 2 is 0.817 bits per heavy atom. The molecule has 0 aromatic heterocycles. The van der Waals surface area contributed by atoms with Crippen molar-refractivity contribution in [2.75, 3.05) is 26.4 Å². The van der Waals surface area contributed by atoms with Gasteiger partial charge in [0.05, 0.1) is 16.8 Å². The van der Waals surface area contributed by atoms with Crippen LogP contribution in [-0.2, 0) is 119 Å². The highest BCUT2D eigenvalue weighted by molar-refractivity contribution is 7.87. The predicted molar refractivity (Wildman–Crippen MR) is 433 cm³/mol. The lowest BCUT2D eigenvalue weighted by Gasteiger charge is -2.61. The first-order valence-electron chi connectivity index (χ1n) is 44.2. The molecule has 0 radical (unpaired) electrons. The van der Waals surface area contributed by atoms with E-state index in [1.165, 1.54) is 97.8 Å². The van der Waals surface area contributed by atoms with Crippen LogP contribution in [0.2, 0.25) is 0 Å². The zero-order valence-electron chi connectivity index (χ0n) is 72.0. The lowest BCUT2D eigenvalue weighted by atomic mass is 9.47. The molecule has 0 aromatic rings. The molecule has 0 aromatic carbocycles. The highest BCUT2D eigenvalue weighted by Gasteiger charge is 2.68. The number of carbonyl (C=O) groups excluding carboxylic acids is 11. The van der Waals surface area contributed by atoms with Crippen molar-refractivity contribution >= 4 is 75.8 Å². The molecule has 2 aliphatic heterocycles. The zero-order chi connectivity index (χ0) is 86.9. The Hall–Kier alpha value is -7.52. The van der Waals surface area contributed by atoms with Gasteiger partial charge in [0.15, 0.2) is 26.4 Å². The molecule has 1 N–H and O–H groups in total. The summed E-state index contributed by atoms with van der Waals surface area (Å²) in [4.78, 5) is 128. The van der Waals surface area contributed by atoms with Crippen molar-refractivity contribution < 1.29 is 123 Å². The Kier molecular flexibility index (Phi) is 26.5. The summed E-state index contributed by atoms with van der Waals surface area (Å²) in [6.45, 7) is 37.7. The Labute approximate surface area is 706 Å². The van der Waals surface area contributed by atoms with Crippen molar-refractivity contribution in [2.45, 2.75) is 294 Å². The van der Waals surface area contributed by atoms with E-state index in [9.17, 15) is 66.3 Å². The highest BCUT2D eigenvalue weighted by Crippen LogP contribution is 2.65. The van der Waals surface area contributed by atoms with Gasteiger partial charge in [0, 0.05) is 63.5 Å². The van der Waals surface area contributed by atoms with Crippen LogP contribution in [0.15, 0.2) is 72.9 Å². The van der Waals surface area contributed by atoms with Gasteiger partial charge >= 0.3 is 65.7 Å². The topological polar surface area (TPSA) is 353 Å². The number of hydrogen-bond donors (Lipinski definition) is 1. The minimum atomic E-state index is -3.53. The maximum Gasteiger partial charge on any atom is 0.344 e. The van der Waals surface area contributed by atoms with Gasteiger partial charge < -0.3 is 57.2 Å². The van der Waals surface area contributed by atoms with Crippen molar-refractivity contribution in [1.29, 1.82) is 0 Å². The third-order valence-electron chi connectivity index (χ3n) is 31.1. The lowest BCUT2D eigenvalue weighted by Crippen LogP contribution is -2.62. The molecule has 12 unspecified atom stereocenters. The van der Waals surface area contributed by atoms with Crippen LogP contribution >= 0.6 is 0 Å². The average molecular weight is 1690 g/mol. The summed E-state index contributed by atoms with van der Waals surface area (Å²) in [5, 5.41) is 10.1. The van der Waals surface area contributed by atoms with E-state index in [0.717, 1.165) is 106 Å². The molecular formula is C93H128O26S. The van der Waals surface area contributed by atoms with Crippen molar-refractivity contribution in [3.05, 3.63) is 72.9 Å². The fourth-order valence-electron chi connectivity index (χ4n) is 27.0. The van der Waals surface area contributed by atoms with Crippen LogP contribution in [0.3, 0.4) is 0 Å². The van der Waals surface area contributed by atoms with E-state index >= 15 is 0 Å². The van der Waals surface area contributed by atoms with Gasteiger partial charge in [0.2, 0.25) is 0 Å². The molecule has 26 nitrogen and oxygen atoms in total. The van der Waals surface area contributed by atoms with E-state index in [4.69, 9.17) is 51.6 Å². The van der Waals surface area contributed by atoms with Crippen LogP contribution < -0.4 is 0 Å². The summed E-state index contributed by atoms with van der Waals surface area (Å²) in [6, 6.07) is 0. The normalized spacial score (nSPS) is 40.4. The van der Waals surface area contributed by atoms with Gasteiger partial charge in [-0.2, -0.15) is 8.42 Å². The van der Waals surface area contributed by atoms with E-state index in [0.29, 0.717) is 89.2 Å². The van der Waals surface area contributed by atoms with Gasteiger partial charge in [-0.25, -0.2) is 47.9 Å². The van der Waals surface area contributed by atoms with E-state index in [1.54, 1.807) is 20.8 Å². The molecule has 22 fully saturated rings. The molecule has 20 saturated carbocycles. The predicted octanol–water partition coefficient (Wildman–Crippen LogP) is 13.0. The minimum Gasteiger partial charge on any atom is -0.458 e. The van der Waals surface area contributed by atoms with Gasteiger partial charge in [-0.3, -0.25) is 8.98 Å². The maximum atomic E-state index is 12.2. The van der Waals surface area contributed by atoms with Gasteiger partial charge in [-0.15, -0.1) is 0 Å². The van der Waals surface area contributed by atoms with Gasteiger partial charge in [0.25, 0.3) is 10.1 Å². The Balaban J connectivity index is 0.000000125. The first-order chi connectivity index (χ1) is 56.4. The largest absolute Gasteiger partial charge is 0.458 e. The second-order valence-electron chi connectivity index (χ2n) is 40.3. The smallest absolute Gasteiger partial charge is 0.344 e. The van der Waals surface area contributed by atoms with Crippen LogP contribution in [0.1, 0.15) is 236 Å². The molecule has 22 aliphatic rings. The SMILES string of the molecule is C=C(C)C(=O)OC1(C(C)C)C2CC3CC(C2)CC1C3.C=C(C)C(=O)OC1(CC)C2CC3CC(C2)CC1C3.C=C(C)C(=O)OC12CC3CC(CC(O)(C3)C1)C2.C=C(C)C(=O)OCC(=O)OC1C2CC3C(=O)OC1C3C2.C=C(C)C(=O)OCC(=O)OC1C2CC3C1OS(=O)(=O)C3C2.C=C(C)C(=O)OCC(=O)OCC(=O)OC1(C)C2CC3CC(C2)CC1C3. The Morgan fingerprint density at radius 1 is 0.433 bits per heavy atom.